The molecule has 0 bridgehead atoms. The van der Waals surface area contributed by atoms with Crippen LogP contribution in [0.25, 0.3) is 21.5 Å². The molecule has 0 saturated carbocycles. The predicted molar refractivity (Wildman–Crippen MR) is 100 cm³/mol. The smallest absolute Gasteiger partial charge is 0.294 e. The lowest BCUT2D eigenvalue weighted by molar-refractivity contribution is -0.758. The topological polar surface area (TPSA) is 183 Å². The van der Waals surface area contributed by atoms with Crippen molar-refractivity contribution in [2.75, 3.05) is 13.2 Å². The Balaban J connectivity index is 2.17. The molecule has 3 rings (SSSR count). The maximum absolute atomic E-state index is 12.6. The van der Waals surface area contributed by atoms with E-state index in [4.69, 9.17) is 0 Å². The summed E-state index contributed by atoms with van der Waals surface area (Å²) < 4.78 is 1.51. The molecule has 0 N–H and O–H groups in total. The van der Waals surface area contributed by atoms with E-state index in [0.29, 0.717) is 0 Å². The summed E-state index contributed by atoms with van der Waals surface area (Å²) >= 11 is 0. The van der Waals surface area contributed by atoms with Gasteiger partial charge in [-0.25, -0.2) is 0 Å². The van der Waals surface area contributed by atoms with Crippen molar-refractivity contribution in [3.63, 3.8) is 0 Å². The van der Waals surface area contributed by atoms with Crippen LogP contribution in [0.3, 0.4) is 0 Å². The van der Waals surface area contributed by atoms with Crippen LogP contribution in [-0.2, 0) is 9.68 Å². The van der Waals surface area contributed by atoms with Crippen LogP contribution in [-0.4, -0.2) is 32.5 Å². The summed E-state index contributed by atoms with van der Waals surface area (Å²) in [4.78, 5) is 79.7. The molecule has 3 aromatic rings. The standard InChI is InChI=1S/C16H14N4O10/c1-7(5-29-19(25)26)17-13(21)9-3-11-12(4-10(9)14(17)22)16(24)18(15(11)23)8(2)6-30-20(27)28/h3-4,7-8H,5-6H2,1-2H3/t7-,8-/m1/s1. The van der Waals surface area contributed by atoms with Crippen molar-refractivity contribution in [2.45, 2.75) is 25.9 Å². The lowest BCUT2D eigenvalue weighted by atomic mass is 10.1. The van der Waals surface area contributed by atoms with Gasteiger partial charge in [0.15, 0.2) is 0 Å². The van der Waals surface area contributed by atoms with Gasteiger partial charge in [-0.05, 0) is 26.0 Å². The number of hydrogen-bond acceptors (Lipinski definition) is 10. The van der Waals surface area contributed by atoms with E-state index in [1.165, 1.54) is 13.8 Å². The van der Waals surface area contributed by atoms with Crippen LogP contribution < -0.4 is 22.2 Å². The van der Waals surface area contributed by atoms with Gasteiger partial charge in [0.2, 0.25) is 0 Å². The molecule has 14 nitrogen and oxygen atoms in total. The Morgan fingerprint density at radius 3 is 1.23 bits per heavy atom. The van der Waals surface area contributed by atoms with E-state index in [1.54, 1.807) is 0 Å². The summed E-state index contributed by atoms with van der Waals surface area (Å²) in [5.41, 5.74) is -3.16. The Hall–Kier alpha value is -4.10. The normalized spacial score (nSPS) is 13.4. The van der Waals surface area contributed by atoms with E-state index in [0.717, 1.165) is 21.3 Å². The van der Waals surface area contributed by atoms with Crippen LogP contribution in [0.2, 0.25) is 0 Å². The van der Waals surface area contributed by atoms with Gasteiger partial charge in [0.1, 0.15) is 13.2 Å². The second-order valence-corrected chi connectivity index (χ2v) is 6.64. The van der Waals surface area contributed by atoms with Crippen LogP contribution >= 0.6 is 0 Å². The highest BCUT2D eigenvalue weighted by Gasteiger charge is 2.23. The molecular weight excluding hydrogens is 408 g/mol. The van der Waals surface area contributed by atoms with E-state index < -0.39 is 57.7 Å². The second-order valence-electron chi connectivity index (χ2n) is 6.64. The van der Waals surface area contributed by atoms with Crippen molar-refractivity contribution in [1.29, 1.82) is 0 Å². The molecule has 0 radical (unpaired) electrons. The van der Waals surface area contributed by atoms with E-state index in [-0.39, 0.29) is 21.5 Å². The molecule has 14 heteroatoms. The summed E-state index contributed by atoms with van der Waals surface area (Å²) in [7, 11) is 0. The van der Waals surface area contributed by atoms with Crippen molar-refractivity contribution < 1.29 is 19.8 Å². The average Bonchev–Trinajstić information content (AvgIpc) is 3.07. The third-order valence-corrected chi connectivity index (χ3v) is 4.68. The van der Waals surface area contributed by atoms with Crippen molar-refractivity contribution in [3.8, 4) is 0 Å². The second kappa shape index (κ2) is 7.38. The quantitative estimate of drug-likeness (QED) is 0.337. The molecule has 0 amide bonds. The number of rotatable bonds is 8. The van der Waals surface area contributed by atoms with Gasteiger partial charge >= 0.3 is 0 Å². The lowest BCUT2D eigenvalue weighted by Crippen LogP contribution is -2.32. The summed E-state index contributed by atoms with van der Waals surface area (Å²) in [6, 6.07) is 0.264. The van der Waals surface area contributed by atoms with Crippen LogP contribution in [0.4, 0.5) is 0 Å². The zero-order valence-corrected chi connectivity index (χ0v) is 15.6. The van der Waals surface area contributed by atoms with Gasteiger partial charge in [-0.15, -0.1) is 20.2 Å². The number of fused-ring (bicyclic) bond motifs is 2. The molecule has 2 heterocycles. The monoisotopic (exact) mass is 422 g/mol. The number of hydrogen-bond donors (Lipinski definition) is 0. The van der Waals surface area contributed by atoms with Crippen molar-refractivity contribution in [1.82, 2.24) is 9.13 Å². The van der Waals surface area contributed by atoms with Gasteiger partial charge in [0.05, 0.1) is 33.6 Å². The highest BCUT2D eigenvalue weighted by Crippen LogP contribution is 2.17. The Morgan fingerprint density at radius 1 is 0.733 bits per heavy atom. The van der Waals surface area contributed by atoms with Gasteiger partial charge in [-0.2, -0.15) is 0 Å². The largest absolute Gasteiger partial charge is 0.312 e. The zero-order chi connectivity index (χ0) is 22.3. The van der Waals surface area contributed by atoms with Gasteiger partial charge < -0.3 is 9.68 Å². The number of nitrogens with zero attached hydrogens (tertiary/aromatic N) is 4. The van der Waals surface area contributed by atoms with Crippen molar-refractivity contribution in [2.24, 2.45) is 0 Å². The Bertz CT molecular complexity index is 1200. The minimum Gasteiger partial charge on any atom is -0.312 e. The zero-order valence-electron chi connectivity index (χ0n) is 15.6. The Labute approximate surface area is 164 Å². The lowest BCUT2D eigenvalue weighted by Gasteiger charge is -2.09. The third-order valence-electron chi connectivity index (χ3n) is 4.68. The van der Waals surface area contributed by atoms with E-state index in [9.17, 15) is 39.4 Å². The third kappa shape index (κ3) is 3.27. The van der Waals surface area contributed by atoms with Crippen molar-refractivity contribution in [3.05, 3.63) is 73.8 Å². The molecule has 0 saturated heterocycles. The van der Waals surface area contributed by atoms with Gasteiger partial charge in [0, 0.05) is 0 Å². The molecule has 0 fully saturated rings. The molecule has 2 aromatic heterocycles. The maximum Gasteiger partial charge on any atom is 0.294 e. The highest BCUT2D eigenvalue weighted by molar-refractivity contribution is 5.97. The van der Waals surface area contributed by atoms with E-state index in [1.807, 2.05) is 0 Å². The van der Waals surface area contributed by atoms with Crippen LogP contribution in [0.15, 0.2) is 31.3 Å². The van der Waals surface area contributed by atoms with Crippen LogP contribution in [0, 0.1) is 20.2 Å². The van der Waals surface area contributed by atoms with Gasteiger partial charge in [-0.3, -0.25) is 28.3 Å². The molecule has 0 spiro atoms. The fourth-order valence-corrected chi connectivity index (χ4v) is 3.30. The average molecular weight is 422 g/mol. The summed E-state index contributed by atoms with van der Waals surface area (Å²) in [6.07, 6.45) is 0. The molecule has 0 unspecified atom stereocenters. The Kier molecular flexibility index (Phi) is 5.07. The minimum atomic E-state index is -1.06. The van der Waals surface area contributed by atoms with E-state index >= 15 is 0 Å². The SMILES string of the molecule is C[C@H](CO[N+](=O)[O-])n1c(=O)c2cc3c(=O)n([C@H](C)CO[N+](=O)[O-])c(=O)c3cc2c1=O. The first-order valence-corrected chi connectivity index (χ1v) is 8.53. The molecule has 0 aliphatic heterocycles. The summed E-state index contributed by atoms with van der Waals surface area (Å²) in [6.45, 7) is 1.65. The van der Waals surface area contributed by atoms with Crippen LogP contribution in [0.1, 0.15) is 25.9 Å². The van der Waals surface area contributed by atoms with Crippen LogP contribution in [0.5, 0.6) is 0 Å². The maximum atomic E-state index is 12.6. The summed E-state index contributed by atoms with van der Waals surface area (Å²) in [5.74, 6) is 0. The Morgan fingerprint density at radius 2 is 1.00 bits per heavy atom. The first-order chi connectivity index (χ1) is 14.0. The first-order valence-electron chi connectivity index (χ1n) is 8.53. The minimum absolute atomic E-state index is 0.135. The van der Waals surface area contributed by atoms with E-state index in [2.05, 4.69) is 9.68 Å². The van der Waals surface area contributed by atoms with Crippen molar-refractivity contribution >= 4 is 21.5 Å². The predicted octanol–water partition coefficient (Wildman–Crippen LogP) is -0.549. The number of aromatic nitrogens is 2. The summed E-state index contributed by atoms with van der Waals surface area (Å²) in [5, 5.41) is 18.0. The fraction of sp³-hybridized carbons (Fsp3) is 0.375. The first kappa shape index (κ1) is 20.6. The molecule has 0 aliphatic rings. The highest BCUT2D eigenvalue weighted by atomic mass is 17.0. The van der Waals surface area contributed by atoms with Gasteiger partial charge in [0.25, 0.3) is 32.4 Å². The molecule has 2 atom stereocenters. The molecule has 30 heavy (non-hydrogen) atoms. The fourth-order valence-electron chi connectivity index (χ4n) is 3.30. The molecular formula is C16H14N4O10. The van der Waals surface area contributed by atoms with Gasteiger partial charge in [-0.1, -0.05) is 0 Å². The molecule has 1 aromatic carbocycles. The number of benzene rings is 1. The molecule has 0 aliphatic carbocycles. The molecule has 158 valence electrons.